The van der Waals surface area contributed by atoms with E-state index in [0.29, 0.717) is 0 Å². The second-order valence-electron chi connectivity index (χ2n) is 5.60. The van der Waals surface area contributed by atoms with Crippen LogP contribution in [-0.4, -0.2) is 25.4 Å². The summed E-state index contributed by atoms with van der Waals surface area (Å²) in [5.41, 5.74) is 3.67. The van der Waals surface area contributed by atoms with Crippen LogP contribution in [0, 0.1) is 19.3 Å². The fourth-order valence-corrected chi connectivity index (χ4v) is 1.86. The standard InChI is InChI=1S/C15H25NO2/c1-11-12(2)14(18-5)7-6-13(11)8-16-9-15(3,4)10-17/h6-7,16-17H,8-10H2,1-5H3. The van der Waals surface area contributed by atoms with E-state index in [1.165, 1.54) is 16.7 Å². The van der Waals surface area contributed by atoms with E-state index in [-0.39, 0.29) is 12.0 Å². The second-order valence-corrected chi connectivity index (χ2v) is 5.60. The van der Waals surface area contributed by atoms with Crippen LogP contribution in [0.4, 0.5) is 0 Å². The van der Waals surface area contributed by atoms with Gasteiger partial charge in [0.25, 0.3) is 0 Å². The molecule has 1 aromatic rings. The maximum absolute atomic E-state index is 9.20. The normalized spacial score (nSPS) is 11.7. The zero-order valence-electron chi connectivity index (χ0n) is 12.1. The van der Waals surface area contributed by atoms with Gasteiger partial charge >= 0.3 is 0 Å². The minimum absolute atomic E-state index is 0.0740. The number of benzene rings is 1. The van der Waals surface area contributed by atoms with Crippen molar-refractivity contribution < 1.29 is 9.84 Å². The number of aliphatic hydroxyl groups excluding tert-OH is 1. The Labute approximate surface area is 110 Å². The van der Waals surface area contributed by atoms with Crippen molar-refractivity contribution in [1.82, 2.24) is 5.32 Å². The van der Waals surface area contributed by atoms with E-state index in [2.05, 4.69) is 25.2 Å². The van der Waals surface area contributed by atoms with E-state index in [4.69, 9.17) is 4.74 Å². The van der Waals surface area contributed by atoms with Gasteiger partial charge in [-0.1, -0.05) is 19.9 Å². The second kappa shape index (κ2) is 6.21. The first-order chi connectivity index (χ1) is 8.41. The van der Waals surface area contributed by atoms with E-state index in [0.717, 1.165) is 18.8 Å². The Morgan fingerprint density at radius 2 is 1.89 bits per heavy atom. The van der Waals surface area contributed by atoms with Gasteiger partial charge in [0, 0.05) is 25.1 Å². The predicted octanol–water partition coefficient (Wildman–Crippen LogP) is 2.42. The quantitative estimate of drug-likeness (QED) is 0.816. The largest absolute Gasteiger partial charge is 0.496 e. The molecule has 0 aliphatic rings. The van der Waals surface area contributed by atoms with Gasteiger partial charge in [0.05, 0.1) is 7.11 Å². The molecule has 2 N–H and O–H groups in total. The smallest absolute Gasteiger partial charge is 0.122 e. The van der Waals surface area contributed by atoms with Crippen molar-refractivity contribution in [2.24, 2.45) is 5.41 Å². The van der Waals surface area contributed by atoms with Gasteiger partial charge in [-0.2, -0.15) is 0 Å². The highest BCUT2D eigenvalue weighted by atomic mass is 16.5. The predicted molar refractivity (Wildman–Crippen MR) is 75.0 cm³/mol. The Balaban J connectivity index is 2.66. The molecule has 0 amide bonds. The van der Waals surface area contributed by atoms with Crippen LogP contribution in [0.2, 0.25) is 0 Å². The van der Waals surface area contributed by atoms with Crippen molar-refractivity contribution in [1.29, 1.82) is 0 Å². The summed E-state index contributed by atoms with van der Waals surface area (Å²) >= 11 is 0. The van der Waals surface area contributed by atoms with Crippen molar-refractivity contribution in [2.45, 2.75) is 34.2 Å². The number of aliphatic hydroxyl groups is 1. The summed E-state index contributed by atoms with van der Waals surface area (Å²) < 4.78 is 5.30. The molecule has 0 saturated carbocycles. The molecule has 0 saturated heterocycles. The van der Waals surface area contributed by atoms with E-state index >= 15 is 0 Å². The summed E-state index contributed by atoms with van der Waals surface area (Å²) in [7, 11) is 1.70. The molecule has 18 heavy (non-hydrogen) atoms. The highest BCUT2D eigenvalue weighted by Gasteiger charge is 2.15. The van der Waals surface area contributed by atoms with Crippen LogP contribution < -0.4 is 10.1 Å². The first-order valence-corrected chi connectivity index (χ1v) is 6.36. The Morgan fingerprint density at radius 3 is 2.44 bits per heavy atom. The molecule has 0 aliphatic carbocycles. The molecule has 1 rings (SSSR count). The molecule has 3 nitrogen and oxygen atoms in total. The summed E-state index contributed by atoms with van der Waals surface area (Å²) in [6.45, 7) is 10.1. The molecule has 0 atom stereocenters. The number of nitrogens with one attached hydrogen (secondary N) is 1. The van der Waals surface area contributed by atoms with Crippen LogP contribution in [-0.2, 0) is 6.54 Å². The Bertz CT molecular complexity index is 400. The fourth-order valence-electron chi connectivity index (χ4n) is 1.86. The molecule has 0 unspecified atom stereocenters. The van der Waals surface area contributed by atoms with E-state index in [9.17, 15) is 5.11 Å². The van der Waals surface area contributed by atoms with Crippen LogP contribution >= 0.6 is 0 Å². The molecule has 0 bridgehead atoms. The SMILES string of the molecule is COc1ccc(CNCC(C)(C)CO)c(C)c1C. The average molecular weight is 251 g/mol. The molecule has 0 aliphatic heterocycles. The van der Waals surface area contributed by atoms with Gasteiger partial charge in [-0.15, -0.1) is 0 Å². The van der Waals surface area contributed by atoms with Crippen LogP contribution in [0.5, 0.6) is 5.75 Å². The van der Waals surface area contributed by atoms with Gasteiger partial charge in [-0.25, -0.2) is 0 Å². The fraction of sp³-hybridized carbons (Fsp3) is 0.600. The lowest BCUT2D eigenvalue weighted by Crippen LogP contribution is -2.32. The minimum atomic E-state index is -0.0740. The summed E-state index contributed by atoms with van der Waals surface area (Å²) in [5.74, 6) is 0.937. The molecule has 0 radical (unpaired) electrons. The molecular weight excluding hydrogens is 226 g/mol. The van der Waals surface area contributed by atoms with Crippen molar-refractivity contribution in [2.75, 3.05) is 20.3 Å². The first-order valence-electron chi connectivity index (χ1n) is 6.36. The van der Waals surface area contributed by atoms with Gasteiger partial charge in [-0.05, 0) is 36.6 Å². The lowest BCUT2D eigenvalue weighted by atomic mass is 9.94. The monoisotopic (exact) mass is 251 g/mol. The van der Waals surface area contributed by atoms with E-state index in [1.54, 1.807) is 7.11 Å². The van der Waals surface area contributed by atoms with Crippen molar-refractivity contribution in [3.8, 4) is 5.75 Å². The van der Waals surface area contributed by atoms with E-state index < -0.39 is 0 Å². The molecule has 0 spiro atoms. The van der Waals surface area contributed by atoms with Gasteiger partial charge in [0.2, 0.25) is 0 Å². The molecule has 0 heterocycles. The summed E-state index contributed by atoms with van der Waals surface area (Å²) in [6, 6.07) is 4.11. The van der Waals surface area contributed by atoms with E-state index in [1.807, 2.05) is 19.9 Å². The lowest BCUT2D eigenvalue weighted by Gasteiger charge is -2.22. The molecule has 102 valence electrons. The Hall–Kier alpha value is -1.06. The molecule has 0 fully saturated rings. The third kappa shape index (κ3) is 3.72. The highest BCUT2D eigenvalue weighted by molar-refractivity contribution is 5.43. The average Bonchev–Trinajstić information content (AvgIpc) is 2.35. The third-order valence-corrected chi connectivity index (χ3v) is 3.42. The topological polar surface area (TPSA) is 41.5 Å². The number of hydrogen-bond donors (Lipinski definition) is 2. The van der Waals surface area contributed by atoms with Crippen molar-refractivity contribution >= 4 is 0 Å². The molecule has 1 aromatic carbocycles. The maximum atomic E-state index is 9.20. The molecular formula is C15H25NO2. The summed E-state index contributed by atoms with van der Waals surface area (Å²) in [6.07, 6.45) is 0. The number of ether oxygens (including phenoxy) is 1. The van der Waals surface area contributed by atoms with Gasteiger partial charge in [0.15, 0.2) is 0 Å². The van der Waals surface area contributed by atoms with Crippen LogP contribution in [0.3, 0.4) is 0 Å². The number of rotatable bonds is 6. The van der Waals surface area contributed by atoms with Gasteiger partial charge < -0.3 is 15.2 Å². The van der Waals surface area contributed by atoms with Gasteiger partial charge in [0.1, 0.15) is 5.75 Å². The Morgan fingerprint density at radius 1 is 1.22 bits per heavy atom. The third-order valence-electron chi connectivity index (χ3n) is 3.42. The summed E-state index contributed by atoms with van der Waals surface area (Å²) in [4.78, 5) is 0. The number of hydrogen-bond acceptors (Lipinski definition) is 3. The Kier molecular flexibility index (Phi) is 5.17. The van der Waals surface area contributed by atoms with Crippen molar-refractivity contribution in [3.63, 3.8) is 0 Å². The van der Waals surface area contributed by atoms with Crippen LogP contribution in [0.1, 0.15) is 30.5 Å². The first kappa shape index (κ1) is 15.0. The number of methoxy groups -OCH3 is 1. The molecule has 0 aromatic heterocycles. The van der Waals surface area contributed by atoms with Crippen LogP contribution in [0.25, 0.3) is 0 Å². The zero-order chi connectivity index (χ0) is 13.8. The highest BCUT2D eigenvalue weighted by Crippen LogP contribution is 2.24. The van der Waals surface area contributed by atoms with Crippen molar-refractivity contribution in [3.05, 3.63) is 28.8 Å². The molecule has 3 heteroatoms. The maximum Gasteiger partial charge on any atom is 0.122 e. The summed E-state index contributed by atoms with van der Waals surface area (Å²) in [5, 5.41) is 12.6. The lowest BCUT2D eigenvalue weighted by molar-refractivity contribution is 0.156. The van der Waals surface area contributed by atoms with Gasteiger partial charge in [-0.3, -0.25) is 0 Å². The zero-order valence-corrected chi connectivity index (χ0v) is 12.1. The van der Waals surface area contributed by atoms with Crippen LogP contribution in [0.15, 0.2) is 12.1 Å². The minimum Gasteiger partial charge on any atom is -0.496 e.